The van der Waals surface area contributed by atoms with Crippen LogP contribution in [0, 0.1) is 0 Å². The van der Waals surface area contributed by atoms with E-state index in [4.69, 9.17) is 0 Å². The molecule has 0 saturated heterocycles. The van der Waals surface area contributed by atoms with E-state index in [0.717, 1.165) is 25.1 Å². The maximum absolute atomic E-state index is 13.0. The minimum absolute atomic E-state index is 0.143. The van der Waals surface area contributed by atoms with Crippen LogP contribution in [-0.2, 0) is 4.79 Å². The van der Waals surface area contributed by atoms with Crippen molar-refractivity contribution in [1.82, 2.24) is 25.1 Å². The highest BCUT2D eigenvalue weighted by Gasteiger charge is 2.29. The standard InChI is InChI=1S/C18H25N5O2S/c1-3-22(14-7-5-4-6-8-14)17(25)13(2)26-18-19-20-21-23(18)15-9-11-16(24)12-10-15/h9-14,24H,3-8H2,1-2H3/t13-/m0/s1. The fraction of sp³-hybridized carbons (Fsp3) is 0.556. The molecule has 1 aromatic carbocycles. The summed E-state index contributed by atoms with van der Waals surface area (Å²) in [6, 6.07) is 7.01. The molecule has 1 aliphatic rings. The molecule has 0 radical (unpaired) electrons. The Bertz CT molecular complexity index is 727. The third-order valence-electron chi connectivity index (χ3n) is 4.80. The minimum atomic E-state index is -0.265. The van der Waals surface area contributed by atoms with Crippen LogP contribution in [0.15, 0.2) is 29.4 Å². The van der Waals surface area contributed by atoms with Crippen molar-refractivity contribution in [2.24, 2.45) is 0 Å². The first kappa shape index (κ1) is 18.7. The van der Waals surface area contributed by atoms with Gasteiger partial charge in [0.1, 0.15) is 5.75 Å². The second-order valence-electron chi connectivity index (χ2n) is 6.57. The number of tetrazole rings is 1. The molecule has 3 rings (SSSR count). The van der Waals surface area contributed by atoms with Crippen LogP contribution in [0.25, 0.3) is 5.69 Å². The average molecular weight is 375 g/mol. The Labute approximate surface area is 157 Å². The van der Waals surface area contributed by atoms with Gasteiger partial charge < -0.3 is 10.0 Å². The number of aromatic nitrogens is 4. The number of thioether (sulfide) groups is 1. The largest absolute Gasteiger partial charge is 0.508 e. The van der Waals surface area contributed by atoms with Crippen molar-refractivity contribution in [2.45, 2.75) is 62.4 Å². The number of hydrogen-bond donors (Lipinski definition) is 1. The Balaban J connectivity index is 1.71. The lowest BCUT2D eigenvalue weighted by atomic mass is 9.94. The normalized spacial score (nSPS) is 16.4. The van der Waals surface area contributed by atoms with E-state index in [-0.39, 0.29) is 16.9 Å². The summed E-state index contributed by atoms with van der Waals surface area (Å²) in [5.74, 6) is 0.329. The molecule has 1 aliphatic carbocycles. The van der Waals surface area contributed by atoms with Crippen LogP contribution in [0.3, 0.4) is 0 Å². The number of phenolic OH excluding ortho intramolecular Hbond substituents is 1. The molecule has 2 aromatic rings. The molecule has 8 heteroatoms. The van der Waals surface area contributed by atoms with E-state index in [1.54, 1.807) is 28.9 Å². The topological polar surface area (TPSA) is 84.1 Å². The number of hydrogen-bond acceptors (Lipinski definition) is 6. The lowest BCUT2D eigenvalue weighted by molar-refractivity contribution is -0.133. The first-order chi connectivity index (χ1) is 12.6. The molecule has 0 unspecified atom stereocenters. The maximum atomic E-state index is 13.0. The summed E-state index contributed by atoms with van der Waals surface area (Å²) in [5, 5.41) is 21.6. The Hall–Kier alpha value is -2.09. The van der Waals surface area contributed by atoms with E-state index < -0.39 is 0 Å². The fourth-order valence-corrected chi connectivity index (χ4v) is 4.31. The van der Waals surface area contributed by atoms with E-state index in [1.165, 1.54) is 31.0 Å². The van der Waals surface area contributed by atoms with Gasteiger partial charge in [-0.1, -0.05) is 31.0 Å². The van der Waals surface area contributed by atoms with Crippen molar-refractivity contribution in [2.75, 3.05) is 6.54 Å². The molecule has 0 bridgehead atoms. The Morgan fingerprint density at radius 1 is 1.31 bits per heavy atom. The number of benzene rings is 1. The van der Waals surface area contributed by atoms with Gasteiger partial charge in [-0.25, -0.2) is 0 Å². The van der Waals surface area contributed by atoms with Crippen LogP contribution in [0.4, 0.5) is 0 Å². The molecule has 140 valence electrons. The molecule has 1 fully saturated rings. The number of nitrogens with zero attached hydrogens (tertiary/aromatic N) is 5. The van der Waals surface area contributed by atoms with Crippen molar-refractivity contribution in [3.8, 4) is 11.4 Å². The molecule has 1 aromatic heterocycles. The van der Waals surface area contributed by atoms with Crippen LogP contribution in [-0.4, -0.2) is 54.0 Å². The van der Waals surface area contributed by atoms with Crippen LogP contribution < -0.4 is 0 Å². The van der Waals surface area contributed by atoms with Crippen LogP contribution >= 0.6 is 11.8 Å². The number of aromatic hydroxyl groups is 1. The molecule has 7 nitrogen and oxygen atoms in total. The lowest BCUT2D eigenvalue weighted by Gasteiger charge is -2.35. The zero-order chi connectivity index (χ0) is 18.5. The molecular weight excluding hydrogens is 350 g/mol. The van der Waals surface area contributed by atoms with E-state index in [2.05, 4.69) is 15.5 Å². The monoisotopic (exact) mass is 375 g/mol. The molecule has 0 spiro atoms. The fourth-order valence-electron chi connectivity index (χ4n) is 3.44. The second kappa shape index (κ2) is 8.53. The summed E-state index contributed by atoms with van der Waals surface area (Å²) in [7, 11) is 0. The van der Waals surface area contributed by atoms with E-state index >= 15 is 0 Å². The third kappa shape index (κ3) is 4.17. The van der Waals surface area contributed by atoms with Gasteiger partial charge in [-0.05, 0) is 61.4 Å². The summed E-state index contributed by atoms with van der Waals surface area (Å²) >= 11 is 1.36. The van der Waals surface area contributed by atoms with Gasteiger partial charge in [0.15, 0.2) is 0 Å². The second-order valence-corrected chi connectivity index (χ2v) is 7.87. The first-order valence-corrected chi connectivity index (χ1v) is 10.0. The quantitative estimate of drug-likeness (QED) is 0.781. The highest BCUT2D eigenvalue weighted by molar-refractivity contribution is 8.00. The molecule has 1 heterocycles. The van der Waals surface area contributed by atoms with Crippen molar-refractivity contribution in [1.29, 1.82) is 0 Å². The Kier molecular flexibility index (Phi) is 6.13. The van der Waals surface area contributed by atoms with Crippen molar-refractivity contribution in [3.63, 3.8) is 0 Å². The van der Waals surface area contributed by atoms with Crippen LogP contribution in [0.5, 0.6) is 5.75 Å². The Morgan fingerprint density at radius 2 is 2.00 bits per heavy atom. The molecule has 1 amide bonds. The van der Waals surface area contributed by atoms with Gasteiger partial charge in [-0.2, -0.15) is 4.68 Å². The van der Waals surface area contributed by atoms with Gasteiger partial charge in [0.2, 0.25) is 11.1 Å². The highest BCUT2D eigenvalue weighted by atomic mass is 32.2. The lowest BCUT2D eigenvalue weighted by Crippen LogP contribution is -2.44. The summed E-state index contributed by atoms with van der Waals surface area (Å²) < 4.78 is 1.59. The minimum Gasteiger partial charge on any atom is -0.508 e. The number of phenols is 1. The van der Waals surface area contributed by atoms with Gasteiger partial charge in [0, 0.05) is 12.6 Å². The van der Waals surface area contributed by atoms with Crippen LogP contribution in [0.2, 0.25) is 0 Å². The maximum Gasteiger partial charge on any atom is 0.236 e. The zero-order valence-corrected chi connectivity index (χ0v) is 16.0. The highest BCUT2D eigenvalue weighted by Crippen LogP contribution is 2.28. The van der Waals surface area contributed by atoms with Gasteiger partial charge in [0.25, 0.3) is 0 Å². The molecule has 0 aliphatic heterocycles. The molecule has 1 N–H and O–H groups in total. The predicted octanol–water partition coefficient (Wildman–Crippen LogP) is 3.03. The van der Waals surface area contributed by atoms with E-state index in [0.29, 0.717) is 11.2 Å². The SMILES string of the molecule is CCN(C(=O)[C@H](C)Sc1nnnn1-c1ccc(O)cc1)C1CCCCC1. The summed E-state index contributed by atoms with van der Waals surface area (Å²) in [6.07, 6.45) is 5.88. The molecular formula is C18H25N5O2S. The molecule has 1 saturated carbocycles. The molecule has 1 atom stereocenters. The van der Waals surface area contributed by atoms with Gasteiger partial charge >= 0.3 is 0 Å². The van der Waals surface area contributed by atoms with Crippen molar-refractivity contribution in [3.05, 3.63) is 24.3 Å². The number of carbonyl (C=O) groups is 1. The Morgan fingerprint density at radius 3 is 2.65 bits per heavy atom. The predicted molar refractivity (Wildman–Crippen MR) is 100 cm³/mol. The number of amides is 1. The van der Waals surface area contributed by atoms with E-state index in [1.807, 2.05) is 18.7 Å². The number of carbonyl (C=O) groups excluding carboxylic acids is 1. The third-order valence-corrected chi connectivity index (χ3v) is 5.82. The summed E-state index contributed by atoms with van der Waals surface area (Å²) in [6.45, 7) is 4.69. The molecule has 26 heavy (non-hydrogen) atoms. The van der Waals surface area contributed by atoms with Crippen molar-refractivity contribution >= 4 is 17.7 Å². The smallest absolute Gasteiger partial charge is 0.236 e. The summed E-state index contributed by atoms with van der Waals surface area (Å²) in [5.41, 5.74) is 0.745. The first-order valence-electron chi connectivity index (χ1n) is 9.15. The zero-order valence-electron chi connectivity index (χ0n) is 15.2. The van der Waals surface area contributed by atoms with Gasteiger partial charge in [0.05, 0.1) is 10.9 Å². The van der Waals surface area contributed by atoms with Crippen LogP contribution in [0.1, 0.15) is 46.0 Å². The summed E-state index contributed by atoms with van der Waals surface area (Å²) in [4.78, 5) is 15.0. The van der Waals surface area contributed by atoms with E-state index in [9.17, 15) is 9.90 Å². The van der Waals surface area contributed by atoms with Crippen molar-refractivity contribution < 1.29 is 9.90 Å². The average Bonchev–Trinajstić information content (AvgIpc) is 3.12. The van der Waals surface area contributed by atoms with Gasteiger partial charge in [-0.15, -0.1) is 5.10 Å². The van der Waals surface area contributed by atoms with Gasteiger partial charge in [-0.3, -0.25) is 4.79 Å². The number of rotatable bonds is 6.